The maximum absolute atomic E-state index is 11.1. The molecule has 0 aromatic carbocycles. The van der Waals surface area contributed by atoms with E-state index in [1.165, 1.54) is 6.20 Å². The van der Waals surface area contributed by atoms with Crippen molar-refractivity contribution < 1.29 is 0 Å². The quantitative estimate of drug-likeness (QED) is 0.856. The Hall–Kier alpha value is -1.53. The highest BCUT2D eigenvalue weighted by Crippen LogP contribution is 2.19. The van der Waals surface area contributed by atoms with Crippen LogP contribution in [0.1, 0.15) is 4.88 Å². The summed E-state index contributed by atoms with van der Waals surface area (Å²) < 4.78 is 0. The lowest BCUT2D eigenvalue weighted by molar-refractivity contribution is 0.945. The summed E-state index contributed by atoms with van der Waals surface area (Å²) in [5, 5.41) is 15.6. The minimum atomic E-state index is -0.464. The van der Waals surface area contributed by atoms with Gasteiger partial charge in [0.25, 0.3) is 5.56 Å². The first-order valence-electron chi connectivity index (χ1n) is 4.40. The summed E-state index contributed by atoms with van der Waals surface area (Å²) in [6.07, 6.45) is 1.36. The smallest absolute Gasteiger partial charge is 0.266 e. The van der Waals surface area contributed by atoms with Crippen molar-refractivity contribution in [2.45, 2.75) is 6.54 Å². The Bertz CT molecular complexity index is 549. The van der Waals surface area contributed by atoms with Crippen LogP contribution < -0.4 is 5.56 Å². The first-order valence-corrected chi connectivity index (χ1v) is 5.66. The second kappa shape index (κ2) is 5.00. The van der Waals surface area contributed by atoms with Gasteiger partial charge in [0.1, 0.15) is 10.7 Å². The van der Waals surface area contributed by atoms with Gasteiger partial charge in [-0.05, 0) is 11.4 Å². The van der Waals surface area contributed by atoms with Gasteiger partial charge < -0.3 is 0 Å². The first kappa shape index (κ1) is 11.0. The minimum Gasteiger partial charge on any atom is -0.266 e. The number of nitrogens with zero attached hydrogens (tertiary/aromatic N) is 3. The molecule has 0 amide bonds. The van der Waals surface area contributed by atoms with Crippen molar-refractivity contribution in [3.63, 3.8) is 0 Å². The van der Waals surface area contributed by atoms with Crippen molar-refractivity contribution in [2.75, 3.05) is 0 Å². The van der Waals surface area contributed by atoms with E-state index < -0.39 is 5.56 Å². The fourth-order valence-electron chi connectivity index (χ4n) is 1.03. The van der Waals surface area contributed by atoms with Crippen LogP contribution in [0.15, 0.2) is 38.7 Å². The second-order valence-corrected chi connectivity index (χ2v) is 4.29. The van der Waals surface area contributed by atoms with E-state index in [2.05, 4.69) is 20.4 Å². The molecule has 1 N–H and O–H groups in total. The molecule has 0 bridgehead atoms. The van der Waals surface area contributed by atoms with Gasteiger partial charge in [-0.3, -0.25) is 4.79 Å². The SMILES string of the molecule is O=c1[nH]ncc(N=NCc2cccs2)c1Cl. The Morgan fingerprint density at radius 3 is 3.19 bits per heavy atom. The Labute approximate surface area is 99.8 Å². The van der Waals surface area contributed by atoms with Crippen molar-refractivity contribution in [1.82, 2.24) is 10.2 Å². The molecule has 82 valence electrons. The monoisotopic (exact) mass is 254 g/mol. The predicted molar refractivity (Wildman–Crippen MR) is 62.4 cm³/mol. The van der Waals surface area contributed by atoms with Crippen LogP contribution in [-0.4, -0.2) is 10.2 Å². The van der Waals surface area contributed by atoms with Crippen LogP contribution in [-0.2, 0) is 6.54 Å². The first-order chi connectivity index (χ1) is 7.77. The number of hydrogen-bond acceptors (Lipinski definition) is 5. The molecule has 0 fully saturated rings. The molecule has 2 rings (SSSR count). The normalized spacial score (nSPS) is 11.1. The van der Waals surface area contributed by atoms with Crippen molar-refractivity contribution in [3.8, 4) is 0 Å². The topological polar surface area (TPSA) is 70.5 Å². The summed E-state index contributed by atoms with van der Waals surface area (Å²) >= 11 is 7.31. The average molecular weight is 255 g/mol. The molecule has 0 radical (unpaired) electrons. The second-order valence-electron chi connectivity index (χ2n) is 2.88. The third-order valence-corrected chi connectivity index (χ3v) is 2.99. The number of aromatic nitrogens is 2. The zero-order chi connectivity index (χ0) is 11.4. The number of nitrogens with one attached hydrogen (secondary N) is 1. The molecule has 0 saturated carbocycles. The fourth-order valence-corrected chi connectivity index (χ4v) is 1.78. The largest absolute Gasteiger partial charge is 0.285 e. The zero-order valence-corrected chi connectivity index (χ0v) is 9.63. The molecule has 2 heterocycles. The lowest BCUT2D eigenvalue weighted by Crippen LogP contribution is -2.06. The molecule has 0 spiro atoms. The van der Waals surface area contributed by atoms with E-state index in [-0.39, 0.29) is 10.7 Å². The summed E-state index contributed by atoms with van der Waals surface area (Å²) in [6.45, 7) is 0.473. The van der Waals surface area contributed by atoms with E-state index >= 15 is 0 Å². The van der Waals surface area contributed by atoms with E-state index in [1.54, 1.807) is 11.3 Å². The number of halogens is 1. The summed E-state index contributed by atoms with van der Waals surface area (Å²) in [5.74, 6) is 0. The third kappa shape index (κ3) is 2.53. The van der Waals surface area contributed by atoms with E-state index in [0.717, 1.165) is 4.88 Å². The molecule has 5 nitrogen and oxygen atoms in total. The van der Waals surface area contributed by atoms with Crippen molar-refractivity contribution in [3.05, 3.63) is 44.0 Å². The summed E-state index contributed by atoms with van der Waals surface area (Å²) in [5.41, 5.74) is -0.184. The lowest BCUT2D eigenvalue weighted by atomic mass is 10.5. The Morgan fingerprint density at radius 2 is 2.44 bits per heavy atom. The number of H-pyrrole nitrogens is 1. The number of rotatable bonds is 3. The number of aromatic amines is 1. The van der Waals surface area contributed by atoms with E-state index in [0.29, 0.717) is 6.54 Å². The van der Waals surface area contributed by atoms with Crippen molar-refractivity contribution >= 4 is 28.6 Å². The van der Waals surface area contributed by atoms with Gasteiger partial charge in [-0.1, -0.05) is 17.7 Å². The molecular formula is C9H7ClN4OS. The van der Waals surface area contributed by atoms with Gasteiger partial charge >= 0.3 is 0 Å². The van der Waals surface area contributed by atoms with E-state index in [4.69, 9.17) is 11.6 Å². The molecule has 0 saturated heterocycles. The zero-order valence-electron chi connectivity index (χ0n) is 8.05. The van der Waals surface area contributed by atoms with Crippen LogP contribution in [0.2, 0.25) is 5.02 Å². The molecule has 2 aromatic rings. The van der Waals surface area contributed by atoms with Gasteiger partial charge in [0.2, 0.25) is 0 Å². The summed E-state index contributed by atoms with van der Waals surface area (Å²) in [6, 6.07) is 3.90. The highest BCUT2D eigenvalue weighted by molar-refractivity contribution is 7.09. The third-order valence-electron chi connectivity index (χ3n) is 1.76. The van der Waals surface area contributed by atoms with Gasteiger partial charge in [-0.25, -0.2) is 5.10 Å². The molecule has 16 heavy (non-hydrogen) atoms. The molecule has 0 aliphatic carbocycles. The predicted octanol–water partition coefficient (Wildman–Crippen LogP) is 2.77. The van der Waals surface area contributed by atoms with Crippen LogP contribution in [0.3, 0.4) is 0 Å². The summed E-state index contributed by atoms with van der Waals surface area (Å²) in [7, 11) is 0. The van der Waals surface area contributed by atoms with Gasteiger partial charge in [0.05, 0.1) is 12.7 Å². The van der Waals surface area contributed by atoms with E-state index in [1.807, 2.05) is 17.5 Å². The Kier molecular flexibility index (Phi) is 3.43. The molecule has 2 aromatic heterocycles. The van der Waals surface area contributed by atoms with Crippen LogP contribution in [0.5, 0.6) is 0 Å². The fraction of sp³-hybridized carbons (Fsp3) is 0.111. The standard InChI is InChI=1S/C9H7ClN4OS/c10-8-7(5-12-14-9(8)15)13-11-4-6-2-1-3-16-6/h1-3,5H,4H2,(H,14,15). The molecule has 0 aliphatic heterocycles. The van der Waals surface area contributed by atoms with Crippen molar-refractivity contribution in [2.24, 2.45) is 10.2 Å². The van der Waals surface area contributed by atoms with Gasteiger partial charge in [-0.15, -0.1) is 11.3 Å². The van der Waals surface area contributed by atoms with Gasteiger partial charge in [0.15, 0.2) is 0 Å². The Balaban J connectivity index is 2.12. The van der Waals surface area contributed by atoms with E-state index in [9.17, 15) is 4.79 Å². The van der Waals surface area contributed by atoms with Gasteiger partial charge in [0, 0.05) is 4.88 Å². The average Bonchev–Trinajstić information content (AvgIpc) is 2.77. The highest BCUT2D eigenvalue weighted by atomic mass is 35.5. The molecule has 7 heteroatoms. The molecule has 0 aliphatic rings. The minimum absolute atomic E-state index is 0.00456. The Morgan fingerprint density at radius 1 is 1.56 bits per heavy atom. The van der Waals surface area contributed by atoms with Crippen molar-refractivity contribution in [1.29, 1.82) is 0 Å². The maximum atomic E-state index is 11.1. The van der Waals surface area contributed by atoms with Crippen LogP contribution >= 0.6 is 22.9 Å². The van der Waals surface area contributed by atoms with Crippen LogP contribution in [0.25, 0.3) is 0 Å². The highest BCUT2D eigenvalue weighted by Gasteiger charge is 2.02. The molecule has 0 unspecified atom stereocenters. The number of thiophene rings is 1. The van der Waals surface area contributed by atoms with Gasteiger partial charge in [-0.2, -0.15) is 15.3 Å². The number of hydrogen-bond donors (Lipinski definition) is 1. The van der Waals surface area contributed by atoms with Crippen LogP contribution in [0, 0.1) is 0 Å². The number of azo groups is 1. The molecule has 0 atom stereocenters. The van der Waals surface area contributed by atoms with Crippen LogP contribution in [0.4, 0.5) is 5.69 Å². The molecular weight excluding hydrogens is 248 g/mol. The lowest BCUT2D eigenvalue weighted by Gasteiger charge is -1.93. The maximum Gasteiger partial charge on any atom is 0.285 e. The summed E-state index contributed by atoms with van der Waals surface area (Å²) in [4.78, 5) is 12.2.